The molecule has 0 spiro atoms. The Hall–Kier alpha value is -2.38. The van der Waals surface area contributed by atoms with E-state index in [1.54, 1.807) is 37.3 Å². The van der Waals surface area contributed by atoms with Crippen LogP contribution in [0.5, 0.6) is 0 Å². The number of nitrogens with one attached hydrogen (secondary N) is 1. The number of rotatable bonds is 2. The summed E-state index contributed by atoms with van der Waals surface area (Å²) in [5.74, 6) is -0.389. The van der Waals surface area contributed by atoms with Crippen molar-refractivity contribution in [3.63, 3.8) is 0 Å². The van der Waals surface area contributed by atoms with Crippen molar-refractivity contribution in [2.24, 2.45) is 0 Å². The van der Waals surface area contributed by atoms with E-state index >= 15 is 0 Å². The molecule has 0 aliphatic carbocycles. The zero-order chi connectivity index (χ0) is 13.8. The van der Waals surface area contributed by atoms with Gasteiger partial charge in [0.25, 0.3) is 5.91 Å². The van der Waals surface area contributed by atoms with E-state index in [9.17, 15) is 4.79 Å². The number of hydrogen-bond acceptors (Lipinski definition) is 3. The van der Waals surface area contributed by atoms with Crippen molar-refractivity contribution in [1.29, 1.82) is 5.26 Å². The Bertz CT molecular complexity index is 677. The minimum absolute atomic E-state index is 0.278. The fourth-order valence-corrected chi connectivity index (χ4v) is 1.87. The third-order valence-corrected chi connectivity index (χ3v) is 2.84. The number of aryl methyl sites for hydroxylation is 1. The minimum atomic E-state index is -0.389. The first-order valence-electron chi connectivity index (χ1n) is 5.54. The van der Waals surface area contributed by atoms with Gasteiger partial charge in [0.15, 0.2) is 0 Å². The lowest BCUT2D eigenvalue weighted by molar-refractivity contribution is 0.102. The average molecular weight is 272 g/mol. The van der Waals surface area contributed by atoms with Crippen LogP contribution < -0.4 is 5.32 Å². The van der Waals surface area contributed by atoms with Crippen LogP contribution in [-0.4, -0.2) is 10.9 Å². The van der Waals surface area contributed by atoms with Crippen molar-refractivity contribution < 1.29 is 4.79 Å². The topological polar surface area (TPSA) is 65.8 Å². The number of amides is 1. The Morgan fingerprint density at radius 3 is 2.84 bits per heavy atom. The maximum Gasteiger partial charge on any atom is 0.258 e. The third kappa shape index (κ3) is 2.90. The van der Waals surface area contributed by atoms with Crippen LogP contribution in [0.4, 0.5) is 5.69 Å². The van der Waals surface area contributed by atoms with E-state index in [0.717, 1.165) is 5.69 Å². The van der Waals surface area contributed by atoms with Crippen LogP contribution in [0.15, 0.2) is 36.5 Å². The number of halogens is 1. The smallest absolute Gasteiger partial charge is 0.258 e. The van der Waals surface area contributed by atoms with Gasteiger partial charge in [-0.1, -0.05) is 23.7 Å². The van der Waals surface area contributed by atoms with E-state index in [4.69, 9.17) is 16.9 Å². The molecule has 19 heavy (non-hydrogen) atoms. The number of nitriles is 1. The van der Waals surface area contributed by atoms with Gasteiger partial charge in [0, 0.05) is 11.9 Å². The summed E-state index contributed by atoms with van der Waals surface area (Å²) in [6.07, 6.45) is 1.42. The molecule has 2 aromatic rings. The molecule has 1 heterocycles. The highest BCUT2D eigenvalue weighted by Crippen LogP contribution is 2.19. The van der Waals surface area contributed by atoms with Gasteiger partial charge in [-0.2, -0.15) is 5.26 Å². The summed E-state index contributed by atoms with van der Waals surface area (Å²) < 4.78 is 0. The van der Waals surface area contributed by atoms with Gasteiger partial charge >= 0.3 is 0 Å². The van der Waals surface area contributed by atoms with Crippen molar-refractivity contribution in [3.05, 3.63) is 58.4 Å². The number of benzene rings is 1. The Morgan fingerprint density at radius 1 is 1.42 bits per heavy atom. The lowest BCUT2D eigenvalue weighted by Crippen LogP contribution is -2.14. The number of carbonyl (C=O) groups is 1. The standard InChI is InChI=1S/C14H10ClN3O/c1-9-6-12(15)11(8-17-9)14(19)18-13-5-3-2-4-10(13)7-16/h2-6,8H,1H3,(H,18,19). The van der Waals surface area contributed by atoms with Crippen molar-refractivity contribution in [2.75, 3.05) is 5.32 Å². The third-order valence-electron chi connectivity index (χ3n) is 2.53. The van der Waals surface area contributed by atoms with Gasteiger partial charge in [-0.3, -0.25) is 9.78 Å². The fraction of sp³-hybridized carbons (Fsp3) is 0.0714. The predicted molar refractivity (Wildman–Crippen MR) is 73.1 cm³/mol. The molecule has 0 saturated carbocycles. The second-order valence-corrected chi connectivity index (χ2v) is 4.32. The average Bonchev–Trinajstić information content (AvgIpc) is 2.39. The summed E-state index contributed by atoms with van der Waals surface area (Å²) in [6.45, 7) is 1.79. The number of carbonyl (C=O) groups excluding carboxylic acids is 1. The number of anilines is 1. The quantitative estimate of drug-likeness (QED) is 0.912. The molecule has 0 atom stereocenters. The van der Waals surface area contributed by atoms with Crippen LogP contribution in [0.2, 0.25) is 5.02 Å². The first kappa shape index (κ1) is 13.1. The molecular weight excluding hydrogens is 262 g/mol. The number of para-hydroxylation sites is 1. The van der Waals surface area contributed by atoms with E-state index in [-0.39, 0.29) is 11.5 Å². The number of nitrogens with zero attached hydrogens (tertiary/aromatic N) is 2. The normalized spacial score (nSPS) is 9.74. The van der Waals surface area contributed by atoms with Gasteiger partial charge in [0.1, 0.15) is 6.07 Å². The van der Waals surface area contributed by atoms with Crippen molar-refractivity contribution in [1.82, 2.24) is 4.98 Å². The molecule has 2 rings (SSSR count). The zero-order valence-corrected chi connectivity index (χ0v) is 10.9. The van der Waals surface area contributed by atoms with E-state index < -0.39 is 0 Å². The Morgan fingerprint density at radius 2 is 2.16 bits per heavy atom. The molecule has 0 unspecified atom stereocenters. The van der Waals surface area contributed by atoms with Crippen molar-refractivity contribution in [2.45, 2.75) is 6.92 Å². The molecule has 1 N–H and O–H groups in total. The predicted octanol–water partition coefficient (Wildman–Crippen LogP) is 3.17. The number of aromatic nitrogens is 1. The van der Waals surface area contributed by atoms with Gasteiger partial charge in [-0.25, -0.2) is 0 Å². The van der Waals surface area contributed by atoms with Gasteiger partial charge < -0.3 is 5.32 Å². The second-order valence-electron chi connectivity index (χ2n) is 3.92. The fourth-order valence-electron chi connectivity index (χ4n) is 1.57. The summed E-state index contributed by atoms with van der Waals surface area (Å²) in [4.78, 5) is 16.1. The molecule has 1 aromatic heterocycles. The summed E-state index contributed by atoms with van der Waals surface area (Å²) in [7, 11) is 0. The Kier molecular flexibility index (Phi) is 3.79. The van der Waals surface area contributed by atoms with Crippen LogP contribution in [0, 0.1) is 18.3 Å². The molecule has 0 aliphatic heterocycles. The summed E-state index contributed by atoms with van der Waals surface area (Å²) in [6, 6.07) is 10.4. The lowest BCUT2D eigenvalue weighted by Gasteiger charge is -2.08. The van der Waals surface area contributed by atoms with E-state index in [1.165, 1.54) is 6.20 Å². The summed E-state index contributed by atoms with van der Waals surface area (Å²) in [5, 5.41) is 11.9. The van der Waals surface area contributed by atoms with Crippen molar-refractivity contribution >= 4 is 23.2 Å². The maximum atomic E-state index is 12.1. The van der Waals surface area contributed by atoms with Gasteiger partial charge in [0.05, 0.1) is 21.8 Å². The van der Waals surface area contributed by atoms with Crippen LogP contribution in [0.3, 0.4) is 0 Å². The first-order valence-corrected chi connectivity index (χ1v) is 5.92. The maximum absolute atomic E-state index is 12.1. The number of pyridine rings is 1. The van der Waals surface area contributed by atoms with Crippen LogP contribution in [-0.2, 0) is 0 Å². The van der Waals surface area contributed by atoms with Gasteiger partial charge in [0.2, 0.25) is 0 Å². The largest absolute Gasteiger partial charge is 0.321 e. The molecule has 0 aliphatic rings. The molecule has 1 aromatic carbocycles. The molecule has 0 fully saturated rings. The van der Waals surface area contributed by atoms with E-state index in [1.807, 2.05) is 6.07 Å². The monoisotopic (exact) mass is 271 g/mol. The highest BCUT2D eigenvalue weighted by molar-refractivity contribution is 6.34. The zero-order valence-electron chi connectivity index (χ0n) is 10.1. The molecule has 4 nitrogen and oxygen atoms in total. The van der Waals surface area contributed by atoms with E-state index in [0.29, 0.717) is 16.3 Å². The highest BCUT2D eigenvalue weighted by Gasteiger charge is 2.12. The molecule has 0 radical (unpaired) electrons. The van der Waals surface area contributed by atoms with Gasteiger partial charge in [-0.15, -0.1) is 0 Å². The van der Waals surface area contributed by atoms with Gasteiger partial charge in [-0.05, 0) is 25.1 Å². The van der Waals surface area contributed by atoms with E-state index in [2.05, 4.69) is 10.3 Å². The highest BCUT2D eigenvalue weighted by atomic mass is 35.5. The summed E-state index contributed by atoms with van der Waals surface area (Å²) >= 11 is 6.00. The van der Waals surface area contributed by atoms with Crippen LogP contribution in [0.25, 0.3) is 0 Å². The van der Waals surface area contributed by atoms with Crippen LogP contribution in [0.1, 0.15) is 21.6 Å². The second kappa shape index (κ2) is 5.51. The molecule has 0 saturated heterocycles. The first-order chi connectivity index (χ1) is 9.11. The minimum Gasteiger partial charge on any atom is -0.321 e. The Balaban J connectivity index is 2.29. The van der Waals surface area contributed by atoms with Crippen molar-refractivity contribution in [3.8, 4) is 6.07 Å². The Labute approximate surface area is 115 Å². The molecule has 0 bridgehead atoms. The molecular formula is C14H10ClN3O. The molecule has 94 valence electrons. The van der Waals surface area contributed by atoms with Crippen LogP contribution >= 0.6 is 11.6 Å². The SMILES string of the molecule is Cc1cc(Cl)c(C(=O)Nc2ccccc2C#N)cn1. The molecule has 1 amide bonds. The number of hydrogen-bond donors (Lipinski definition) is 1. The summed E-state index contributed by atoms with van der Waals surface area (Å²) in [5.41, 5.74) is 1.86. The lowest BCUT2D eigenvalue weighted by atomic mass is 10.2. The molecule has 5 heteroatoms.